The Morgan fingerprint density at radius 2 is 2.22 bits per heavy atom. The summed E-state index contributed by atoms with van der Waals surface area (Å²) in [6.45, 7) is 0.0217. The van der Waals surface area contributed by atoms with Crippen LogP contribution in [0, 0.1) is 0 Å². The third-order valence-corrected chi connectivity index (χ3v) is 2.53. The van der Waals surface area contributed by atoms with Crippen molar-refractivity contribution in [2.45, 2.75) is 12.8 Å². The maximum absolute atomic E-state index is 11.1. The van der Waals surface area contributed by atoms with E-state index < -0.39 is 5.97 Å². The van der Waals surface area contributed by atoms with Crippen LogP contribution in [0.3, 0.4) is 0 Å². The Labute approximate surface area is 103 Å². The summed E-state index contributed by atoms with van der Waals surface area (Å²) < 4.78 is 3.06. The van der Waals surface area contributed by atoms with E-state index in [9.17, 15) is 4.79 Å². The van der Waals surface area contributed by atoms with E-state index in [1.165, 1.54) is 4.68 Å². The van der Waals surface area contributed by atoms with Crippen molar-refractivity contribution in [3.8, 4) is 5.82 Å². The van der Waals surface area contributed by atoms with Gasteiger partial charge in [0.1, 0.15) is 0 Å². The number of carbonyl (C=O) groups is 1. The lowest BCUT2D eigenvalue weighted by atomic mass is 10.1. The molecule has 0 aliphatic heterocycles. The molecule has 2 aromatic rings. The largest absolute Gasteiger partial charge is 0.476 e. The Bertz CT molecular complexity index is 558. The molecule has 2 rings (SSSR count). The van der Waals surface area contributed by atoms with Gasteiger partial charge in [0.15, 0.2) is 11.5 Å². The topological polar surface area (TPSA) is 93.2 Å². The molecule has 96 valence electrons. The number of aliphatic hydroxyl groups is 1. The highest BCUT2D eigenvalue weighted by atomic mass is 16.4. The van der Waals surface area contributed by atoms with E-state index in [2.05, 4.69) is 10.2 Å². The molecule has 18 heavy (non-hydrogen) atoms. The number of hydrogen-bond donors (Lipinski definition) is 2. The van der Waals surface area contributed by atoms with Crippen LogP contribution in [-0.4, -0.2) is 42.4 Å². The number of carboxylic acid groups (broad SMARTS) is 1. The maximum atomic E-state index is 11.1. The van der Waals surface area contributed by atoms with Crippen LogP contribution in [0.1, 0.15) is 22.5 Å². The normalized spacial score (nSPS) is 10.8. The zero-order chi connectivity index (χ0) is 13.1. The Kier molecular flexibility index (Phi) is 3.42. The summed E-state index contributed by atoms with van der Waals surface area (Å²) in [6, 6.07) is 1.74. The molecule has 0 amide bonds. The first-order chi connectivity index (χ1) is 8.61. The minimum Gasteiger partial charge on any atom is -0.476 e. The number of rotatable bonds is 5. The van der Waals surface area contributed by atoms with Gasteiger partial charge in [-0.1, -0.05) is 0 Å². The zero-order valence-electron chi connectivity index (χ0n) is 9.94. The molecule has 2 N–H and O–H groups in total. The van der Waals surface area contributed by atoms with E-state index in [-0.39, 0.29) is 12.3 Å². The molecule has 0 radical (unpaired) electrons. The van der Waals surface area contributed by atoms with E-state index in [4.69, 9.17) is 10.2 Å². The van der Waals surface area contributed by atoms with Crippen molar-refractivity contribution in [1.29, 1.82) is 0 Å². The molecule has 0 saturated carbocycles. The van der Waals surface area contributed by atoms with Crippen molar-refractivity contribution < 1.29 is 15.0 Å². The SMILES string of the molecule is Cn1ccc(-n2cc(CCCO)c(C(=O)O)n2)n1. The second-order valence-corrected chi connectivity index (χ2v) is 3.93. The van der Waals surface area contributed by atoms with Crippen molar-refractivity contribution in [1.82, 2.24) is 19.6 Å². The molecule has 0 aliphatic carbocycles. The second-order valence-electron chi connectivity index (χ2n) is 3.93. The summed E-state index contributed by atoms with van der Waals surface area (Å²) in [4.78, 5) is 11.1. The van der Waals surface area contributed by atoms with E-state index in [0.29, 0.717) is 24.2 Å². The van der Waals surface area contributed by atoms with Crippen LogP contribution in [0.25, 0.3) is 5.82 Å². The van der Waals surface area contributed by atoms with Gasteiger partial charge in [-0.3, -0.25) is 4.68 Å². The Hall–Kier alpha value is -2.15. The molecule has 0 aliphatic rings. The molecular formula is C11H14N4O3. The minimum absolute atomic E-state index is 0.00843. The Morgan fingerprint density at radius 3 is 2.78 bits per heavy atom. The van der Waals surface area contributed by atoms with Gasteiger partial charge in [0, 0.05) is 37.7 Å². The highest BCUT2D eigenvalue weighted by Gasteiger charge is 2.16. The fraction of sp³-hybridized carbons (Fsp3) is 0.364. The van der Waals surface area contributed by atoms with Crippen LogP contribution >= 0.6 is 0 Å². The van der Waals surface area contributed by atoms with Crippen molar-refractivity contribution in [2.75, 3.05) is 6.61 Å². The number of aromatic carboxylic acids is 1. The van der Waals surface area contributed by atoms with Crippen molar-refractivity contribution >= 4 is 5.97 Å². The van der Waals surface area contributed by atoms with Gasteiger partial charge in [0.2, 0.25) is 0 Å². The highest BCUT2D eigenvalue weighted by Crippen LogP contribution is 2.13. The van der Waals surface area contributed by atoms with Crippen LogP contribution in [0.5, 0.6) is 0 Å². The molecule has 0 unspecified atom stereocenters. The lowest BCUT2D eigenvalue weighted by Crippen LogP contribution is -2.03. The van der Waals surface area contributed by atoms with Gasteiger partial charge in [-0.2, -0.15) is 10.2 Å². The summed E-state index contributed by atoms with van der Waals surface area (Å²) in [5, 5.41) is 26.0. The first kappa shape index (κ1) is 12.3. The predicted molar refractivity (Wildman–Crippen MR) is 62.7 cm³/mol. The quantitative estimate of drug-likeness (QED) is 0.792. The van der Waals surface area contributed by atoms with E-state index in [0.717, 1.165) is 0 Å². The van der Waals surface area contributed by atoms with Gasteiger partial charge >= 0.3 is 5.97 Å². The van der Waals surface area contributed by atoms with Crippen molar-refractivity contribution in [3.05, 3.63) is 29.7 Å². The third kappa shape index (κ3) is 2.40. The molecular weight excluding hydrogens is 236 g/mol. The highest BCUT2D eigenvalue weighted by molar-refractivity contribution is 5.87. The van der Waals surface area contributed by atoms with Gasteiger partial charge in [0.25, 0.3) is 0 Å². The maximum Gasteiger partial charge on any atom is 0.356 e. The van der Waals surface area contributed by atoms with Crippen LogP contribution in [0.15, 0.2) is 18.5 Å². The molecule has 0 saturated heterocycles. The molecule has 7 heteroatoms. The monoisotopic (exact) mass is 250 g/mol. The van der Waals surface area contributed by atoms with E-state index >= 15 is 0 Å². The summed E-state index contributed by atoms with van der Waals surface area (Å²) in [5.74, 6) is -0.507. The number of hydrogen-bond acceptors (Lipinski definition) is 4. The van der Waals surface area contributed by atoms with Crippen molar-refractivity contribution in [3.63, 3.8) is 0 Å². The van der Waals surface area contributed by atoms with Crippen molar-refractivity contribution in [2.24, 2.45) is 7.05 Å². The molecule has 7 nitrogen and oxygen atoms in total. The lowest BCUT2D eigenvalue weighted by Gasteiger charge is -1.94. The van der Waals surface area contributed by atoms with E-state index in [1.54, 1.807) is 30.2 Å². The van der Waals surface area contributed by atoms with Gasteiger partial charge < -0.3 is 10.2 Å². The van der Waals surface area contributed by atoms with Crippen LogP contribution in [-0.2, 0) is 13.5 Å². The fourth-order valence-electron chi connectivity index (χ4n) is 1.68. The summed E-state index contributed by atoms with van der Waals surface area (Å²) >= 11 is 0. The molecule has 0 bridgehead atoms. The standard InChI is InChI=1S/C11H14N4O3/c1-14-5-4-9(12-14)15-7-8(3-2-6-16)10(13-15)11(17)18/h4-5,7,16H,2-3,6H2,1H3,(H,17,18). The number of aryl methyl sites for hydroxylation is 2. The van der Waals surface area contributed by atoms with Gasteiger partial charge in [-0.05, 0) is 12.8 Å². The molecule has 2 aromatic heterocycles. The van der Waals surface area contributed by atoms with E-state index in [1.807, 2.05) is 0 Å². The number of aliphatic hydroxyl groups excluding tert-OH is 1. The number of carboxylic acids is 1. The number of aromatic nitrogens is 4. The van der Waals surface area contributed by atoms with Crippen LogP contribution < -0.4 is 0 Å². The van der Waals surface area contributed by atoms with Crippen LogP contribution in [0.4, 0.5) is 0 Å². The third-order valence-electron chi connectivity index (χ3n) is 2.53. The fourth-order valence-corrected chi connectivity index (χ4v) is 1.68. The predicted octanol–water partition coefficient (Wildman–Crippen LogP) is 0.229. The Balaban J connectivity index is 2.35. The second kappa shape index (κ2) is 5.01. The molecule has 0 spiro atoms. The van der Waals surface area contributed by atoms with Crippen LogP contribution in [0.2, 0.25) is 0 Å². The smallest absolute Gasteiger partial charge is 0.356 e. The lowest BCUT2D eigenvalue weighted by molar-refractivity contribution is 0.0688. The van der Waals surface area contributed by atoms with Gasteiger partial charge in [-0.15, -0.1) is 0 Å². The van der Waals surface area contributed by atoms with Gasteiger partial charge in [0.05, 0.1) is 0 Å². The minimum atomic E-state index is -1.07. The molecule has 0 aromatic carbocycles. The molecule has 2 heterocycles. The number of nitrogens with zero attached hydrogens (tertiary/aromatic N) is 4. The van der Waals surface area contributed by atoms with Gasteiger partial charge in [-0.25, -0.2) is 9.48 Å². The summed E-state index contributed by atoms with van der Waals surface area (Å²) in [5.41, 5.74) is 0.608. The average molecular weight is 250 g/mol. The first-order valence-electron chi connectivity index (χ1n) is 5.54. The molecule has 0 fully saturated rings. The first-order valence-corrected chi connectivity index (χ1v) is 5.54. The molecule has 0 atom stereocenters. The summed E-state index contributed by atoms with van der Waals surface area (Å²) in [6.07, 6.45) is 4.38. The Morgan fingerprint density at radius 1 is 1.44 bits per heavy atom. The zero-order valence-corrected chi connectivity index (χ0v) is 9.94. The summed E-state index contributed by atoms with van der Waals surface area (Å²) in [7, 11) is 1.78. The average Bonchev–Trinajstić information content (AvgIpc) is 2.92.